The van der Waals surface area contributed by atoms with Crippen LogP contribution in [0.4, 0.5) is 13.2 Å². The monoisotopic (exact) mass is 300 g/mol. The summed E-state index contributed by atoms with van der Waals surface area (Å²) in [5.41, 5.74) is 0. The van der Waals surface area contributed by atoms with Crippen molar-refractivity contribution in [2.75, 3.05) is 24.7 Å². The Hall–Kier alpha value is -0.430. The average Bonchev–Trinajstić information content (AvgIpc) is 2.32. The van der Waals surface area contributed by atoms with Gasteiger partial charge < -0.3 is 9.47 Å². The van der Waals surface area contributed by atoms with Gasteiger partial charge in [0.25, 0.3) is 0 Å². The summed E-state index contributed by atoms with van der Waals surface area (Å²) in [6, 6.07) is 0. The Kier molecular flexibility index (Phi) is 6.99. The Morgan fingerprint density at radius 3 is 2.53 bits per heavy atom. The quantitative estimate of drug-likeness (QED) is 0.558. The van der Waals surface area contributed by atoms with Gasteiger partial charge in [0, 0.05) is 13.5 Å². The van der Waals surface area contributed by atoms with E-state index in [0.29, 0.717) is 5.92 Å². The van der Waals surface area contributed by atoms with E-state index in [1.807, 2.05) is 11.8 Å². The van der Waals surface area contributed by atoms with Gasteiger partial charge in [-0.25, -0.2) is 0 Å². The van der Waals surface area contributed by atoms with Crippen LogP contribution in [0.2, 0.25) is 0 Å². The number of hydrogen-bond donors (Lipinski definition) is 0. The second-order valence-electron chi connectivity index (χ2n) is 4.56. The highest BCUT2D eigenvalue weighted by molar-refractivity contribution is 7.99. The molecule has 1 aliphatic heterocycles. The van der Waals surface area contributed by atoms with E-state index in [0.717, 1.165) is 37.7 Å². The molecule has 0 N–H and O–H groups in total. The maximum absolute atomic E-state index is 12.5. The van der Waals surface area contributed by atoms with Gasteiger partial charge in [0.05, 0.1) is 6.61 Å². The first-order valence-corrected chi connectivity index (χ1v) is 7.44. The SMILES string of the molecule is CC(=O)OC(COCCC1CCSCC1)C(F)(F)F. The van der Waals surface area contributed by atoms with Gasteiger partial charge in [-0.15, -0.1) is 0 Å². The molecule has 0 aromatic rings. The fraction of sp³-hybridized carbons (Fsp3) is 0.917. The molecule has 19 heavy (non-hydrogen) atoms. The fourth-order valence-electron chi connectivity index (χ4n) is 1.87. The van der Waals surface area contributed by atoms with Crippen LogP contribution in [-0.2, 0) is 14.3 Å². The molecule has 1 heterocycles. The molecular weight excluding hydrogens is 281 g/mol. The first-order valence-electron chi connectivity index (χ1n) is 6.29. The lowest BCUT2D eigenvalue weighted by atomic mass is 10.00. The van der Waals surface area contributed by atoms with Crippen molar-refractivity contribution in [2.45, 2.75) is 38.5 Å². The van der Waals surface area contributed by atoms with Gasteiger partial charge in [-0.05, 0) is 36.7 Å². The van der Waals surface area contributed by atoms with Crippen LogP contribution < -0.4 is 0 Å². The van der Waals surface area contributed by atoms with E-state index in [9.17, 15) is 18.0 Å². The van der Waals surface area contributed by atoms with Crippen LogP contribution in [-0.4, -0.2) is 43.0 Å². The Labute approximate surface area is 115 Å². The summed E-state index contributed by atoms with van der Waals surface area (Å²) < 4.78 is 46.7. The van der Waals surface area contributed by atoms with Gasteiger partial charge in [0.2, 0.25) is 6.10 Å². The molecule has 112 valence electrons. The van der Waals surface area contributed by atoms with Gasteiger partial charge in [0.1, 0.15) is 0 Å². The van der Waals surface area contributed by atoms with Crippen LogP contribution in [0.25, 0.3) is 0 Å². The number of halogens is 3. The van der Waals surface area contributed by atoms with Gasteiger partial charge in [-0.1, -0.05) is 0 Å². The molecular formula is C12H19F3O3S. The minimum atomic E-state index is -4.58. The van der Waals surface area contributed by atoms with Crippen molar-refractivity contribution in [1.82, 2.24) is 0 Å². The Balaban J connectivity index is 2.22. The molecule has 0 radical (unpaired) electrons. The average molecular weight is 300 g/mol. The lowest BCUT2D eigenvalue weighted by Crippen LogP contribution is -2.37. The molecule has 1 rings (SSSR count). The zero-order valence-corrected chi connectivity index (χ0v) is 11.7. The first-order chi connectivity index (χ1) is 8.89. The van der Waals surface area contributed by atoms with Gasteiger partial charge in [0.15, 0.2) is 0 Å². The normalized spacial score (nSPS) is 19.2. The van der Waals surface area contributed by atoms with E-state index in [2.05, 4.69) is 4.74 Å². The number of ether oxygens (including phenoxy) is 2. The highest BCUT2D eigenvalue weighted by Gasteiger charge is 2.42. The van der Waals surface area contributed by atoms with Crippen LogP contribution >= 0.6 is 11.8 Å². The summed E-state index contributed by atoms with van der Waals surface area (Å²) in [6.07, 6.45) is -3.77. The van der Waals surface area contributed by atoms with E-state index in [1.54, 1.807) is 0 Å². The summed E-state index contributed by atoms with van der Waals surface area (Å²) in [7, 11) is 0. The first kappa shape index (κ1) is 16.6. The largest absolute Gasteiger partial charge is 0.450 e. The maximum atomic E-state index is 12.5. The maximum Gasteiger partial charge on any atom is 0.427 e. The van der Waals surface area contributed by atoms with Crippen molar-refractivity contribution in [3.63, 3.8) is 0 Å². The second kappa shape index (κ2) is 7.99. The molecule has 0 aromatic heterocycles. The lowest BCUT2D eigenvalue weighted by molar-refractivity contribution is -0.231. The zero-order valence-electron chi connectivity index (χ0n) is 10.9. The molecule has 1 fully saturated rings. The van der Waals surface area contributed by atoms with E-state index in [1.165, 1.54) is 0 Å². The third-order valence-electron chi connectivity index (χ3n) is 2.95. The summed E-state index contributed by atoms with van der Waals surface area (Å²) >= 11 is 1.91. The Bertz CT molecular complexity index is 278. The molecule has 1 aliphatic rings. The number of carbonyl (C=O) groups excluding carboxylic acids is 1. The topological polar surface area (TPSA) is 35.5 Å². The Morgan fingerprint density at radius 1 is 1.37 bits per heavy atom. The van der Waals surface area contributed by atoms with Crippen molar-refractivity contribution < 1.29 is 27.4 Å². The van der Waals surface area contributed by atoms with Crippen molar-refractivity contribution >= 4 is 17.7 Å². The minimum absolute atomic E-state index is 0.281. The molecule has 0 bridgehead atoms. The number of rotatable bonds is 6. The molecule has 1 saturated heterocycles. The molecule has 7 heteroatoms. The predicted molar refractivity (Wildman–Crippen MR) is 67.1 cm³/mol. The van der Waals surface area contributed by atoms with E-state index in [-0.39, 0.29) is 6.61 Å². The highest BCUT2D eigenvalue weighted by atomic mass is 32.2. The van der Waals surface area contributed by atoms with Crippen LogP contribution in [0.1, 0.15) is 26.2 Å². The van der Waals surface area contributed by atoms with Gasteiger partial charge in [-0.2, -0.15) is 24.9 Å². The smallest absolute Gasteiger partial charge is 0.427 e. The van der Waals surface area contributed by atoms with Gasteiger partial charge >= 0.3 is 12.1 Å². The van der Waals surface area contributed by atoms with Gasteiger partial charge in [-0.3, -0.25) is 4.79 Å². The molecule has 0 aromatic carbocycles. The lowest BCUT2D eigenvalue weighted by Gasteiger charge is -2.22. The molecule has 1 atom stereocenters. The number of hydrogen-bond acceptors (Lipinski definition) is 4. The number of esters is 1. The van der Waals surface area contributed by atoms with Crippen LogP contribution in [0.5, 0.6) is 0 Å². The second-order valence-corrected chi connectivity index (χ2v) is 5.78. The summed E-state index contributed by atoms with van der Waals surface area (Å²) in [6.45, 7) is 0.617. The highest BCUT2D eigenvalue weighted by Crippen LogP contribution is 2.26. The van der Waals surface area contributed by atoms with Crippen molar-refractivity contribution in [2.24, 2.45) is 5.92 Å². The zero-order chi connectivity index (χ0) is 14.3. The van der Waals surface area contributed by atoms with Crippen LogP contribution in [0.15, 0.2) is 0 Å². The summed E-state index contributed by atoms with van der Waals surface area (Å²) in [5, 5.41) is 0. The predicted octanol–water partition coefficient (Wildman–Crippen LogP) is 3.03. The third kappa shape index (κ3) is 7.06. The molecule has 0 saturated carbocycles. The van der Waals surface area contributed by atoms with Crippen molar-refractivity contribution in [3.05, 3.63) is 0 Å². The molecule has 3 nitrogen and oxygen atoms in total. The summed E-state index contributed by atoms with van der Waals surface area (Å²) in [5.74, 6) is 1.82. The van der Waals surface area contributed by atoms with Crippen LogP contribution in [0, 0.1) is 5.92 Å². The standard InChI is InChI=1S/C12H19F3O3S/c1-9(16)18-11(12(13,14)15)8-17-5-2-10-3-6-19-7-4-10/h10-11H,2-8H2,1H3. The molecule has 0 spiro atoms. The van der Waals surface area contributed by atoms with Crippen LogP contribution in [0.3, 0.4) is 0 Å². The van der Waals surface area contributed by atoms with E-state index < -0.39 is 24.9 Å². The van der Waals surface area contributed by atoms with E-state index in [4.69, 9.17) is 4.74 Å². The van der Waals surface area contributed by atoms with Crippen molar-refractivity contribution in [3.8, 4) is 0 Å². The number of thioether (sulfide) groups is 1. The van der Waals surface area contributed by atoms with E-state index >= 15 is 0 Å². The fourth-order valence-corrected chi connectivity index (χ4v) is 3.08. The molecule has 0 aliphatic carbocycles. The Morgan fingerprint density at radius 2 is 2.00 bits per heavy atom. The molecule has 0 amide bonds. The summed E-state index contributed by atoms with van der Waals surface area (Å²) in [4.78, 5) is 10.6. The number of carbonyl (C=O) groups is 1. The minimum Gasteiger partial charge on any atom is -0.450 e. The number of alkyl halides is 3. The molecule has 1 unspecified atom stereocenters. The third-order valence-corrected chi connectivity index (χ3v) is 4.00. The van der Waals surface area contributed by atoms with Crippen molar-refractivity contribution in [1.29, 1.82) is 0 Å².